The highest BCUT2D eigenvalue weighted by Crippen LogP contribution is 2.36. The van der Waals surface area contributed by atoms with E-state index in [-0.39, 0.29) is 0 Å². The van der Waals surface area contributed by atoms with Crippen LogP contribution in [0.25, 0.3) is 21.8 Å². The molecule has 1 aromatic carbocycles. The first-order chi connectivity index (χ1) is 11.7. The SMILES string of the molecule is CN(C)c1cc(-c2nc(-c3ccc4c(c3)OCCO4)cs2)ccn1. The maximum absolute atomic E-state index is 5.66. The third-order valence-electron chi connectivity index (χ3n) is 3.79. The van der Waals surface area contributed by atoms with Crippen molar-refractivity contribution in [2.75, 3.05) is 32.2 Å². The van der Waals surface area contributed by atoms with E-state index in [1.807, 2.05) is 55.5 Å². The van der Waals surface area contributed by atoms with Gasteiger partial charge in [0.1, 0.15) is 24.0 Å². The number of benzene rings is 1. The molecule has 1 aliphatic heterocycles. The van der Waals surface area contributed by atoms with Crippen molar-refractivity contribution in [3.8, 4) is 33.3 Å². The number of anilines is 1. The second-order valence-electron chi connectivity index (χ2n) is 5.69. The van der Waals surface area contributed by atoms with Gasteiger partial charge in [-0.1, -0.05) is 0 Å². The summed E-state index contributed by atoms with van der Waals surface area (Å²) < 4.78 is 11.2. The lowest BCUT2D eigenvalue weighted by Crippen LogP contribution is -2.15. The monoisotopic (exact) mass is 339 g/mol. The first-order valence-electron chi connectivity index (χ1n) is 7.70. The van der Waals surface area contributed by atoms with Crippen LogP contribution in [-0.2, 0) is 0 Å². The maximum atomic E-state index is 5.66. The molecule has 0 N–H and O–H groups in total. The number of pyridine rings is 1. The standard InChI is InChI=1S/C18H17N3O2S/c1-21(2)17-10-13(5-6-19-17)18-20-14(11-24-18)12-3-4-15-16(9-12)23-8-7-22-15/h3-6,9-11H,7-8H2,1-2H3. The van der Waals surface area contributed by atoms with E-state index in [1.54, 1.807) is 11.3 Å². The Morgan fingerprint density at radius 3 is 2.67 bits per heavy atom. The van der Waals surface area contributed by atoms with Crippen molar-refractivity contribution < 1.29 is 9.47 Å². The minimum absolute atomic E-state index is 0.586. The molecule has 122 valence electrons. The summed E-state index contributed by atoms with van der Waals surface area (Å²) in [7, 11) is 3.96. The smallest absolute Gasteiger partial charge is 0.162 e. The molecule has 24 heavy (non-hydrogen) atoms. The Balaban J connectivity index is 1.66. The van der Waals surface area contributed by atoms with Crippen molar-refractivity contribution in [3.63, 3.8) is 0 Å². The highest BCUT2D eigenvalue weighted by Gasteiger charge is 2.14. The van der Waals surface area contributed by atoms with Crippen LogP contribution in [0.4, 0.5) is 5.82 Å². The van der Waals surface area contributed by atoms with Crippen LogP contribution in [0.2, 0.25) is 0 Å². The summed E-state index contributed by atoms with van der Waals surface area (Å²) in [6.45, 7) is 1.19. The second-order valence-corrected chi connectivity index (χ2v) is 6.55. The zero-order valence-corrected chi connectivity index (χ0v) is 14.3. The molecule has 1 aliphatic rings. The van der Waals surface area contributed by atoms with Crippen LogP contribution in [0, 0.1) is 0 Å². The topological polar surface area (TPSA) is 47.5 Å². The predicted molar refractivity (Wildman–Crippen MR) is 96.1 cm³/mol. The van der Waals surface area contributed by atoms with Gasteiger partial charge in [-0.2, -0.15) is 0 Å². The summed E-state index contributed by atoms with van der Waals surface area (Å²) in [6, 6.07) is 9.99. The lowest BCUT2D eigenvalue weighted by atomic mass is 10.1. The van der Waals surface area contributed by atoms with Crippen molar-refractivity contribution in [1.82, 2.24) is 9.97 Å². The van der Waals surface area contributed by atoms with E-state index in [2.05, 4.69) is 10.4 Å². The molecule has 0 atom stereocenters. The van der Waals surface area contributed by atoms with E-state index in [9.17, 15) is 0 Å². The average molecular weight is 339 g/mol. The molecule has 2 aromatic heterocycles. The van der Waals surface area contributed by atoms with Gasteiger partial charge in [-0.05, 0) is 30.3 Å². The predicted octanol–water partition coefficient (Wildman–Crippen LogP) is 3.71. The molecule has 0 bridgehead atoms. The van der Waals surface area contributed by atoms with Crippen LogP contribution < -0.4 is 14.4 Å². The Kier molecular flexibility index (Phi) is 3.82. The summed E-state index contributed by atoms with van der Waals surface area (Å²) in [4.78, 5) is 11.1. The minimum Gasteiger partial charge on any atom is -0.486 e. The Morgan fingerprint density at radius 1 is 1.00 bits per heavy atom. The molecule has 5 nitrogen and oxygen atoms in total. The zero-order valence-electron chi connectivity index (χ0n) is 13.5. The van der Waals surface area contributed by atoms with Gasteiger partial charge in [0.2, 0.25) is 0 Å². The van der Waals surface area contributed by atoms with Crippen LogP contribution >= 0.6 is 11.3 Å². The van der Waals surface area contributed by atoms with Crippen molar-refractivity contribution in [1.29, 1.82) is 0 Å². The van der Waals surface area contributed by atoms with Gasteiger partial charge in [0, 0.05) is 36.8 Å². The summed E-state index contributed by atoms with van der Waals surface area (Å²) in [5.74, 6) is 2.50. The summed E-state index contributed by atoms with van der Waals surface area (Å²) >= 11 is 1.63. The Labute approximate surface area is 144 Å². The molecule has 3 heterocycles. The summed E-state index contributed by atoms with van der Waals surface area (Å²) in [6.07, 6.45) is 1.82. The lowest BCUT2D eigenvalue weighted by molar-refractivity contribution is 0.171. The second kappa shape index (κ2) is 6.13. The van der Waals surface area contributed by atoms with Gasteiger partial charge in [0.25, 0.3) is 0 Å². The molecular formula is C18H17N3O2S. The summed E-state index contributed by atoms with van der Waals surface area (Å²) in [5, 5.41) is 3.04. The van der Waals surface area contributed by atoms with Gasteiger partial charge in [-0.25, -0.2) is 9.97 Å². The summed E-state index contributed by atoms with van der Waals surface area (Å²) in [5.41, 5.74) is 3.04. The van der Waals surface area contributed by atoms with E-state index in [0.717, 1.165) is 39.1 Å². The number of ether oxygens (including phenoxy) is 2. The highest BCUT2D eigenvalue weighted by atomic mass is 32.1. The van der Waals surface area contributed by atoms with Crippen LogP contribution in [0.5, 0.6) is 11.5 Å². The van der Waals surface area contributed by atoms with Gasteiger partial charge in [0.05, 0.1) is 5.69 Å². The molecule has 0 saturated heterocycles. The Morgan fingerprint density at radius 2 is 1.83 bits per heavy atom. The lowest BCUT2D eigenvalue weighted by Gasteiger charge is -2.18. The first-order valence-corrected chi connectivity index (χ1v) is 8.58. The van der Waals surface area contributed by atoms with Crippen molar-refractivity contribution >= 4 is 17.2 Å². The quantitative estimate of drug-likeness (QED) is 0.728. The molecule has 0 fully saturated rings. The number of thiazole rings is 1. The van der Waals surface area contributed by atoms with E-state index in [1.165, 1.54) is 0 Å². The number of nitrogens with zero attached hydrogens (tertiary/aromatic N) is 3. The third kappa shape index (κ3) is 2.80. The molecule has 3 aromatic rings. The molecule has 0 saturated carbocycles. The Bertz CT molecular complexity index is 876. The number of fused-ring (bicyclic) bond motifs is 1. The van der Waals surface area contributed by atoms with Crippen molar-refractivity contribution in [2.45, 2.75) is 0 Å². The third-order valence-corrected chi connectivity index (χ3v) is 4.68. The van der Waals surface area contributed by atoms with Gasteiger partial charge in [-0.3, -0.25) is 0 Å². The molecular weight excluding hydrogens is 322 g/mol. The van der Waals surface area contributed by atoms with Crippen LogP contribution in [0.3, 0.4) is 0 Å². The van der Waals surface area contributed by atoms with E-state index in [0.29, 0.717) is 13.2 Å². The average Bonchev–Trinajstić information content (AvgIpc) is 3.11. The van der Waals surface area contributed by atoms with Gasteiger partial charge in [-0.15, -0.1) is 11.3 Å². The number of hydrogen-bond acceptors (Lipinski definition) is 6. The molecule has 0 unspecified atom stereocenters. The molecule has 0 aliphatic carbocycles. The van der Waals surface area contributed by atoms with Crippen molar-refractivity contribution in [3.05, 3.63) is 41.9 Å². The minimum atomic E-state index is 0.586. The van der Waals surface area contributed by atoms with Crippen LogP contribution in [0.15, 0.2) is 41.9 Å². The fraction of sp³-hybridized carbons (Fsp3) is 0.222. The van der Waals surface area contributed by atoms with E-state index >= 15 is 0 Å². The first kappa shape index (κ1) is 15.0. The van der Waals surface area contributed by atoms with Gasteiger partial charge in [0.15, 0.2) is 11.5 Å². The molecule has 6 heteroatoms. The van der Waals surface area contributed by atoms with Gasteiger partial charge < -0.3 is 14.4 Å². The molecule has 0 radical (unpaired) electrons. The van der Waals surface area contributed by atoms with Crippen molar-refractivity contribution in [2.24, 2.45) is 0 Å². The Hall–Kier alpha value is -2.60. The zero-order chi connectivity index (χ0) is 16.5. The van der Waals surface area contributed by atoms with Gasteiger partial charge >= 0.3 is 0 Å². The molecule has 0 spiro atoms. The van der Waals surface area contributed by atoms with Crippen LogP contribution in [-0.4, -0.2) is 37.3 Å². The van der Waals surface area contributed by atoms with E-state index < -0.39 is 0 Å². The largest absolute Gasteiger partial charge is 0.486 e. The van der Waals surface area contributed by atoms with Crippen LogP contribution in [0.1, 0.15) is 0 Å². The van der Waals surface area contributed by atoms with E-state index in [4.69, 9.17) is 14.5 Å². The maximum Gasteiger partial charge on any atom is 0.162 e. The number of hydrogen-bond donors (Lipinski definition) is 0. The normalized spacial score (nSPS) is 12.9. The molecule has 4 rings (SSSR count). The fourth-order valence-corrected chi connectivity index (χ4v) is 3.36. The molecule has 0 amide bonds. The number of rotatable bonds is 3. The number of aromatic nitrogens is 2. The fourth-order valence-electron chi connectivity index (χ4n) is 2.54. The highest BCUT2D eigenvalue weighted by molar-refractivity contribution is 7.13.